The van der Waals surface area contributed by atoms with E-state index in [9.17, 15) is 9.59 Å². The Bertz CT molecular complexity index is 1130. The number of aryl methyl sites for hydroxylation is 1. The fourth-order valence-corrected chi connectivity index (χ4v) is 4.82. The van der Waals surface area contributed by atoms with Gasteiger partial charge in [-0.05, 0) is 49.4 Å². The SMILES string of the molecule is Cc1cccnc1-n1c(SCC(=O)N[C@H]2CCCC[C@@H]2C)nc2ccccc2c1=O. The number of nitrogens with one attached hydrogen (secondary N) is 1. The molecule has 156 valence electrons. The van der Waals surface area contributed by atoms with E-state index in [1.54, 1.807) is 12.3 Å². The molecule has 0 unspecified atom stereocenters. The summed E-state index contributed by atoms with van der Waals surface area (Å²) < 4.78 is 1.53. The van der Waals surface area contributed by atoms with Crippen molar-refractivity contribution in [1.82, 2.24) is 19.9 Å². The molecule has 1 saturated carbocycles. The highest BCUT2D eigenvalue weighted by atomic mass is 32.2. The Morgan fingerprint density at radius 3 is 2.80 bits per heavy atom. The first-order valence-corrected chi connectivity index (χ1v) is 11.4. The summed E-state index contributed by atoms with van der Waals surface area (Å²) in [5.74, 6) is 1.23. The van der Waals surface area contributed by atoms with E-state index in [1.807, 2.05) is 37.3 Å². The molecule has 0 bridgehead atoms. The third kappa shape index (κ3) is 4.26. The Morgan fingerprint density at radius 2 is 2.00 bits per heavy atom. The molecule has 7 heteroatoms. The van der Waals surface area contributed by atoms with E-state index in [0.29, 0.717) is 27.8 Å². The molecule has 1 amide bonds. The largest absolute Gasteiger partial charge is 0.352 e. The van der Waals surface area contributed by atoms with Gasteiger partial charge in [-0.3, -0.25) is 9.59 Å². The van der Waals surface area contributed by atoms with Crippen LogP contribution < -0.4 is 10.9 Å². The first kappa shape index (κ1) is 20.6. The van der Waals surface area contributed by atoms with Crippen LogP contribution in [0, 0.1) is 12.8 Å². The zero-order valence-electron chi connectivity index (χ0n) is 17.3. The van der Waals surface area contributed by atoms with Crippen molar-refractivity contribution in [2.24, 2.45) is 5.92 Å². The third-order valence-corrected chi connectivity index (χ3v) is 6.67. The van der Waals surface area contributed by atoms with E-state index in [2.05, 4.69) is 17.2 Å². The molecule has 1 aliphatic carbocycles. The number of carbonyl (C=O) groups excluding carboxylic acids is 1. The first-order chi connectivity index (χ1) is 14.5. The molecule has 1 aromatic carbocycles. The minimum Gasteiger partial charge on any atom is -0.352 e. The average molecular weight is 423 g/mol. The number of nitrogens with zero attached hydrogens (tertiary/aromatic N) is 3. The quantitative estimate of drug-likeness (QED) is 0.499. The van der Waals surface area contributed by atoms with Gasteiger partial charge in [0.25, 0.3) is 5.56 Å². The van der Waals surface area contributed by atoms with E-state index < -0.39 is 0 Å². The minimum absolute atomic E-state index is 0.0227. The summed E-state index contributed by atoms with van der Waals surface area (Å²) in [6.07, 6.45) is 6.24. The van der Waals surface area contributed by atoms with Crippen LogP contribution in [-0.4, -0.2) is 32.2 Å². The lowest BCUT2D eigenvalue weighted by atomic mass is 9.86. The van der Waals surface area contributed by atoms with Gasteiger partial charge in [-0.25, -0.2) is 14.5 Å². The highest BCUT2D eigenvalue weighted by Crippen LogP contribution is 2.25. The highest BCUT2D eigenvalue weighted by Gasteiger charge is 2.23. The summed E-state index contributed by atoms with van der Waals surface area (Å²) in [4.78, 5) is 35.0. The van der Waals surface area contributed by atoms with E-state index in [4.69, 9.17) is 4.98 Å². The monoisotopic (exact) mass is 422 g/mol. The van der Waals surface area contributed by atoms with Crippen LogP contribution in [0.15, 0.2) is 52.5 Å². The van der Waals surface area contributed by atoms with Crippen molar-refractivity contribution in [3.8, 4) is 5.82 Å². The lowest BCUT2D eigenvalue weighted by molar-refractivity contribution is -0.119. The molecule has 0 aliphatic heterocycles. The lowest BCUT2D eigenvalue weighted by Crippen LogP contribution is -2.41. The lowest BCUT2D eigenvalue weighted by Gasteiger charge is -2.29. The predicted molar refractivity (Wildman–Crippen MR) is 120 cm³/mol. The number of aromatic nitrogens is 3. The van der Waals surface area contributed by atoms with Crippen LogP contribution in [0.3, 0.4) is 0 Å². The zero-order chi connectivity index (χ0) is 21.1. The molecule has 2 aromatic heterocycles. The summed E-state index contributed by atoms with van der Waals surface area (Å²) >= 11 is 1.28. The van der Waals surface area contributed by atoms with Crippen molar-refractivity contribution < 1.29 is 4.79 Å². The van der Waals surface area contributed by atoms with Crippen LogP contribution in [0.25, 0.3) is 16.7 Å². The van der Waals surface area contributed by atoms with Crippen LogP contribution in [0.1, 0.15) is 38.2 Å². The molecule has 4 rings (SSSR count). The summed E-state index contributed by atoms with van der Waals surface area (Å²) in [5, 5.41) is 4.18. The molecule has 6 nitrogen and oxygen atoms in total. The van der Waals surface area contributed by atoms with Gasteiger partial charge in [-0.1, -0.05) is 49.7 Å². The van der Waals surface area contributed by atoms with Crippen LogP contribution in [-0.2, 0) is 4.79 Å². The average Bonchev–Trinajstić information content (AvgIpc) is 2.75. The number of para-hydroxylation sites is 1. The number of hydrogen-bond acceptors (Lipinski definition) is 5. The molecule has 0 saturated heterocycles. The van der Waals surface area contributed by atoms with E-state index in [-0.39, 0.29) is 23.3 Å². The van der Waals surface area contributed by atoms with Crippen LogP contribution in [0.4, 0.5) is 0 Å². The molecule has 3 aromatic rings. The highest BCUT2D eigenvalue weighted by molar-refractivity contribution is 7.99. The van der Waals surface area contributed by atoms with Crippen molar-refractivity contribution in [2.75, 3.05) is 5.75 Å². The molecule has 1 aliphatic rings. The maximum absolute atomic E-state index is 13.3. The summed E-state index contributed by atoms with van der Waals surface area (Å²) in [6, 6.07) is 11.3. The van der Waals surface area contributed by atoms with Gasteiger partial charge in [-0.15, -0.1) is 0 Å². The van der Waals surface area contributed by atoms with Gasteiger partial charge < -0.3 is 5.32 Å². The number of rotatable bonds is 5. The molecule has 0 radical (unpaired) electrons. The summed E-state index contributed by atoms with van der Waals surface area (Å²) in [6.45, 7) is 4.11. The predicted octanol–water partition coefficient (Wildman–Crippen LogP) is 3.88. The van der Waals surface area contributed by atoms with Crippen molar-refractivity contribution in [2.45, 2.75) is 50.7 Å². The van der Waals surface area contributed by atoms with Crippen LogP contribution in [0.5, 0.6) is 0 Å². The molecule has 2 heterocycles. The fraction of sp³-hybridized carbons (Fsp3) is 0.391. The van der Waals surface area contributed by atoms with Gasteiger partial charge in [0, 0.05) is 12.2 Å². The first-order valence-electron chi connectivity index (χ1n) is 10.4. The second kappa shape index (κ2) is 9.00. The van der Waals surface area contributed by atoms with Crippen molar-refractivity contribution in [3.05, 3.63) is 58.5 Å². The maximum atomic E-state index is 13.3. The Morgan fingerprint density at radius 1 is 1.20 bits per heavy atom. The van der Waals surface area contributed by atoms with Gasteiger partial charge in [0.1, 0.15) is 5.82 Å². The van der Waals surface area contributed by atoms with Crippen molar-refractivity contribution in [1.29, 1.82) is 0 Å². The van der Waals surface area contributed by atoms with Gasteiger partial charge >= 0.3 is 0 Å². The Balaban J connectivity index is 1.64. The van der Waals surface area contributed by atoms with E-state index >= 15 is 0 Å². The second-order valence-electron chi connectivity index (χ2n) is 7.92. The smallest absolute Gasteiger partial charge is 0.267 e. The molecule has 1 N–H and O–H groups in total. The van der Waals surface area contributed by atoms with Gasteiger partial charge in [0.2, 0.25) is 5.91 Å². The standard InChI is InChI=1S/C23H26N4O2S/c1-15-8-3-5-11-18(15)25-20(28)14-30-23-26-19-12-6-4-10-17(19)22(29)27(23)21-16(2)9-7-13-24-21/h4,6-7,9-10,12-13,15,18H,3,5,8,11,14H2,1-2H3,(H,25,28)/t15-,18-/m0/s1. The number of carbonyl (C=O) groups is 1. The Labute approximate surface area is 180 Å². The second-order valence-corrected chi connectivity index (χ2v) is 8.86. The van der Waals surface area contributed by atoms with Gasteiger partial charge in [0.05, 0.1) is 16.7 Å². The van der Waals surface area contributed by atoms with Crippen LogP contribution in [0.2, 0.25) is 0 Å². The number of benzene rings is 1. The molecular formula is C23H26N4O2S. The third-order valence-electron chi connectivity index (χ3n) is 5.73. The summed E-state index contributed by atoms with van der Waals surface area (Å²) in [7, 11) is 0. The molecule has 1 fully saturated rings. The maximum Gasteiger partial charge on any atom is 0.267 e. The number of hydrogen-bond donors (Lipinski definition) is 1. The van der Waals surface area contributed by atoms with E-state index in [0.717, 1.165) is 24.8 Å². The molecular weight excluding hydrogens is 396 g/mol. The van der Waals surface area contributed by atoms with Gasteiger partial charge in [0.15, 0.2) is 5.16 Å². The normalized spacial score (nSPS) is 19.0. The number of fused-ring (bicyclic) bond motifs is 1. The molecule has 0 spiro atoms. The fourth-order valence-electron chi connectivity index (χ4n) is 4.02. The van der Waals surface area contributed by atoms with E-state index in [1.165, 1.54) is 22.7 Å². The Hall–Kier alpha value is -2.67. The van der Waals surface area contributed by atoms with Crippen LogP contribution >= 0.6 is 11.8 Å². The molecule has 30 heavy (non-hydrogen) atoms. The number of amides is 1. The van der Waals surface area contributed by atoms with Gasteiger partial charge in [-0.2, -0.15) is 0 Å². The van der Waals surface area contributed by atoms with Crippen molar-refractivity contribution >= 4 is 28.6 Å². The number of pyridine rings is 1. The molecule has 2 atom stereocenters. The minimum atomic E-state index is -0.175. The van der Waals surface area contributed by atoms with Crippen molar-refractivity contribution in [3.63, 3.8) is 0 Å². The Kier molecular flexibility index (Phi) is 6.18. The number of thioether (sulfide) groups is 1. The summed E-state index contributed by atoms with van der Waals surface area (Å²) in [5.41, 5.74) is 1.32. The topological polar surface area (TPSA) is 76.9 Å². The zero-order valence-corrected chi connectivity index (χ0v) is 18.1.